The van der Waals surface area contributed by atoms with Gasteiger partial charge in [0.25, 0.3) is 0 Å². The Morgan fingerprint density at radius 3 is 2.20 bits per heavy atom. The minimum absolute atomic E-state index is 0.264. The van der Waals surface area contributed by atoms with Crippen molar-refractivity contribution in [1.82, 2.24) is 4.90 Å². The molecule has 1 aliphatic carbocycles. The number of hydrogen-bond acceptors (Lipinski definition) is 1. The van der Waals surface area contributed by atoms with Crippen molar-refractivity contribution in [2.45, 2.75) is 44.9 Å². The molecule has 2 fully saturated rings. The predicted octanol–water partition coefficient (Wildman–Crippen LogP) is 2.95. The summed E-state index contributed by atoms with van der Waals surface area (Å²) in [5.41, 5.74) is 0.612. The molecule has 0 atom stereocenters. The lowest BCUT2D eigenvalue weighted by Crippen LogP contribution is -2.44. The molecule has 0 aromatic carbocycles. The molecular weight excluding hydrogens is 254 g/mol. The van der Waals surface area contributed by atoms with Gasteiger partial charge in [-0.25, -0.2) is 0 Å². The molecule has 2 nitrogen and oxygen atoms in total. The van der Waals surface area contributed by atoms with Crippen molar-refractivity contribution in [2.24, 2.45) is 5.41 Å². The van der Waals surface area contributed by atoms with Gasteiger partial charge in [-0.3, -0.25) is 4.79 Å². The fourth-order valence-electron chi connectivity index (χ4n) is 3.12. The molecule has 1 aliphatic heterocycles. The number of carbonyl (C=O) groups is 1. The van der Waals surface area contributed by atoms with E-state index in [1.54, 1.807) is 0 Å². The number of rotatable bonds is 1. The topological polar surface area (TPSA) is 20.3 Å². The molecule has 0 aromatic rings. The smallest absolute Gasteiger partial charge is 0.233 e. The molecule has 1 amide bonds. The van der Waals surface area contributed by atoms with E-state index in [2.05, 4.69) is 15.9 Å². The van der Waals surface area contributed by atoms with Crippen LogP contribution in [0.2, 0.25) is 0 Å². The van der Waals surface area contributed by atoms with E-state index in [0.717, 1.165) is 13.1 Å². The van der Waals surface area contributed by atoms with Crippen LogP contribution in [0.15, 0.2) is 0 Å². The SMILES string of the molecule is O=C(CBr)N1CCC2(CCCCC2)CC1. The van der Waals surface area contributed by atoms with Gasteiger partial charge in [0.2, 0.25) is 5.91 Å². The Labute approximate surface area is 101 Å². The molecule has 2 aliphatic rings. The summed E-state index contributed by atoms with van der Waals surface area (Å²) in [6.45, 7) is 1.98. The molecule has 0 unspecified atom stereocenters. The third kappa shape index (κ3) is 2.55. The maximum absolute atomic E-state index is 11.5. The first-order valence-electron chi connectivity index (χ1n) is 6.10. The fourth-order valence-corrected chi connectivity index (χ4v) is 3.47. The van der Waals surface area contributed by atoms with Crippen molar-refractivity contribution < 1.29 is 4.79 Å². The fraction of sp³-hybridized carbons (Fsp3) is 0.917. The molecule has 1 saturated carbocycles. The highest BCUT2D eigenvalue weighted by atomic mass is 79.9. The van der Waals surface area contributed by atoms with E-state index in [1.807, 2.05) is 4.90 Å². The second kappa shape index (κ2) is 4.86. The zero-order valence-corrected chi connectivity index (χ0v) is 10.9. The van der Waals surface area contributed by atoms with Gasteiger partial charge >= 0.3 is 0 Å². The third-order valence-electron chi connectivity index (χ3n) is 4.21. The van der Waals surface area contributed by atoms with Crippen molar-refractivity contribution in [3.63, 3.8) is 0 Å². The monoisotopic (exact) mass is 273 g/mol. The van der Waals surface area contributed by atoms with E-state index in [4.69, 9.17) is 0 Å². The van der Waals surface area contributed by atoms with E-state index in [-0.39, 0.29) is 5.91 Å². The van der Waals surface area contributed by atoms with Crippen LogP contribution in [-0.2, 0) is 4.79 Å². The van der Waals surface area contributed by atoms with Gasteiger partial charge in [0.15, 0.2) is 0 Å². The lowest BCUT2D eigenvalue weighted by molar-refractivity contribution is -0.130. The van der Waals surface area contributed by atoms with Crippen LogP contribution in [0, 0.1) is 5.41 Å². The second-order valence-electron chi connectivity index (χ2n) is 5.08. The number of nitrogens with zero attached hydrogens (tertiary/aromatic N) is 1. The largest absolute Gasteiger partial charge is 0.342 e. The zero-order chi connectivity index (χ0) is 10.7. The minimum atomic E-state index is 0.264. The Morgan fingerprint density at radius 1 is 1.07 bits per heavy atom. The molecular formula is C12H20BrNO. The highest BCUT2D eigenvalue weighted by Gasteiger charge is 2.36. The molecule has 3 heteroatoms. The van der Waals surface area contributed by atoms with Crippen LogP contribution >= 0.6 is 15.9 Å². The summed E-state index contributed by atoms with van der Waals surface area (Å²) in [7, 11) is 0. The van der Waals surface area contributed by atoms with Gasteiger partial charge in [-0.15, -0.1) is 0 Å². The normalized spacial score (nSPS) is 25.5. The molecule has 0 bridgehead atoms. The predicted molar refractivity (Wildman–Crippen MR) is 65.1 cm³/mol. The third-order valence-corrected chi connectivity index (χ3v) is 4.69. The van der Waals surface area contributed by atoms with E-state index < -0.39 is 0 Å². The number of likely N-dealkylation sites (tertiary alicyclic amines) is 1. The molecule has 15 heavy (non-hydrogen) atoms. The Balaban J connectivity index is 1.88. The summed E-state index contributed by atoms with van der Waals surface area (Å²) in [4.78, 5) is 13.5. The van der Waals surface area contributed by atoms with Gasteiger partial charge in [-0.05, 0) is 31.1 Å². The number of piperidine rings is 1. The highest BCUT2D eigenvalue weighted by molar-refractivity contribution is 9.09. The van der Waals surface area contributed by atoms with Crippen LogP contribution in [0.5, 0.6) is 0 Å². The Kier molecular flexibility index (Phi) is 3.70. The molecule has 0 aromatic heterocycles. The van der Waals surface area contributed by atoms with Gasteiger partial charge < -0.3 is 4.90 Å². The van der Waals surface area contributed by atoms with Crippen LogP contribution in [0.4, 0.5) is 0 Å². The van der Waals surface area contributed by atoms with Gasteiger partial charge in [-0.2, -0.15) is 0 Å². The van der Waals surface area contributed by atoms with Crippen molar-refractivity contribution >= 4 is 21.8 Å². The summed E-state index contributed by atoms with van der Waals surface area (Å²) >= 11 is 3.25. The number of carbonyl (C=O) groups excluding carboxylic acids is 1. The zero-order valence-electron chi connectivity index (χ0n) is 9.30. The van der Waals surface area contributed by atoms with Crippen LogP contribution < -0.4 is 0 Å². The van der Waals surface area contributed by atoms with Crippen LogP contribution in [0.25, 0.3) is 0 Å². The highest BCUT2D eigenvalue weighted by Crippen LogP contribution is 2.44. The lowest BCUT2D eigenvalue weighted by Gasteiger charge is -2.44. The minimum Gasteiger partial charge on any atom is -0.342 e. The number of alkyl halides is 1. The van der Waals surface area contributed by atoms with E-state index in [0.29, 0.717) is 10.7 Å². The first-order chi connectivity index (χ1) is 7.26. The molecule has 86 valence electrons. The average Bonchev–Trinajstić information content (AvgIpc) is 2.30. The molecule has 1 heterocycles. The number of hydrogen-bond donors (Lipinski definition) is 0. The van der Waals surface area contributed by atoms with E-state index in [1.165, 1.54) is 44.9 Å². The Morgan fingerprint density at radius 2 is 1.67 bits per heavy atom. The average molecular weight is 274 g/mol. The van der Waals surface area contributed by atoms with Crippen molar-refractivity contribution in [3.05, 3.63) is 0 Å². The summed E-state index contributed by atoms with van der Waals surface area (Å²) < 4.78 is 0. The molecule has 2 rings (SSSR count). The lowest BCUT2D eigenvalue weighted by atomic mass is 9.68. The summed E-state index contributed by atoms with van der Waals surface area (Å²) in [6.07, 6.45) is 9.54. The number of halogens is 1. The summed E-state index contributed by atoms with van der Waals surface area (Å²) in [5, 5.41) is 0.486. The maximum atomic E-state index is 11.5. The standard InChI is InChI=1S/C12H20BrNO/c13-10-11(15)14-8-6-12(7-9-14)4-2-1-3-5-12/h1-10H2. The van der Waals surface area contributed by atoms with Crippen LogP contribution in [0.1, 0.15) is 44.9 Å². The van der Waals surface area contributed by atoms with E-state index in [9.17, 15) is 4.79 Å². The van der Waals surface area contributed by atoms with Gasteiger partial charge in [0.05, 0.1) is 5.33 Å². The van der Waals surface area contributed by atoms with Gasteiger partial charge in [0, 0.05) is 13.1 Å². The molecule has 1 saturated heterocycles. The quantitative estimate of drug-likeness (QED) is 0.673. The van der Waals surface area contributed by atoms with E-state index >= 15 is 0 Å². The first-order valence-corrected chi connectivity index (χ1v) is 7.22. The summed E-state index contributed by atoms with van der Waals surface area (Å²) in [6, 6.07) is 0. The number of amides is 1. The van der Waals surface area contributed by atoms with Gasteiger partial charge in [0.1, 0.15) is 0 Å². The molecule has 0 N–H and O–H groups in total. The second-order valence-corrected chi connectivity index (χ2v) is 5.64. The molecule has 1 spiro atoms. The van der Waals surface area contributed by atoms with Gasteiger partial charge in [-0.1, -0.05) is 35.2 Å². The van der Waals surface area contributed by atoms with Crippen LogP contribution in [0.3, 0.4) is 0 Å². The first kappa shape index (κ1) is 11.4. The Hall–Kier alpha value is -0.0500. The van der Waals surface area contributed by atoms with Crippen LogP contribution in [-0.4, -0.2) is 29.2 Å². The van der Waals surface area contributed by atoms with Crippen molar-refractivity contribution in [3.8, 4) is 0 Å². The maximum Gasteiger partial charge on any atom is 0.233 e. The summed E-state index contributed by atoms with van der Waals surface area (Å²) in [5.74, 6) is 0.264. The Bertz CT molecular complexity index is 226. The molecule has 0 radical (unpaired) electrons. The van der Waals surface area contributed by atoms with Crippen molar-refractivity contribution in [1.29, 1.82) is 0 Å². The van der Waals surface area contributed by atoms with Crippen molar-refractivity contribution in [2.75, 3.05) is 18.4 Å².